The lowest BCUT2D eigenvalue weighted by Gasteiger charge is -2.06. The molecule has 1 amide bonds. The third kappa shape index (κ3) is 5.21. The molecule has 23 heavy (non-hydrogen) atoms. The van der Waals surface area contributed by atoms with Gasteiger partial charge in [-0.2, -0.15) is 0 Å². The summed E-state index contributed by atoms with van der Waals surface area (Å²) in [5, 5.41) is 2.58. The van der Waals surface area contributed by atoms with E-state index in [0.717, 1.165) is 11.3 Å². The van der Waals surface area contributed by atoms with Gasteiger partial charge < -0.3 is 10.1 Å². The summed E-state index contributed by atoms with van der Waals surface area (Å²) in [5.41, 5.74) is 1.36. The summed E-state index contributed by atoms with van der Waals surface area (Å²) in [4.78, 5) is 23.7. The van der Waals surface area contributed by atoms with Gasteiger partial charge >= 0.3 is 0 Å². The Bertz CT molecular complexity index is 683. The average molecular weight is 315 g/mol. The van der Waals surface area contributed by atoms with Crippen molar-refractivity contribution in [2.24, 2.45) is 0 Å². The second-order valence-electron chi connectivity index (χ2n) is 5.06. The van der Waals surface area contributed by atoms with E-state index in [9.17, 15) is 14.0 Å². The number of carbonyl (C=O) groups is 2. The third-order valence-electron chi connectivity index (χ3n) is 3.39. The number of carbonyl (C=O) groups excluding carboxylic acids is 2. The van der Waals surface area contributed by atoms with Crippen LogP contribution in [0.2, 0.25) is 0 Å². The van der Waals surface area contributed by atoms with Crippen LogP contribution in [0.3, 0.4) is 0 Å². The fraction of sp³-hybridized carbons (Fsp3) is 0.222. The first-order valence-electron chi connectivity index (χ1n) is 7.27. The van der Waals surface area contributed by atoms with Crippen LogP contribution >= 0.6 is 0 Å². The summed E-state index contributed by atoms with van der Waals surface area (Å²) in [6.07, 6.45) is 0.845. The Hall–Kier alpha value is -2.69. The van der Waals surface area contributed by atoms with Gasteiger partial charge in [0.25, 0.3) is 0 Å². The van der Waals surface area contributed by atoms with Crippen LogP contribution in [0.5, 0.6) is 5.75 Å². The Morgan fingerprint density at radius 3 is 2.57 bits per heavy atom. The largest absolute Gasteiger partial charge is 0.497 e. The zero-order valence-electron chi connectivity index (χ0n) is 12.8. The molecule has 2 aromatic rings. The van der Waals surface area contributed by atoms with Gasteiger partial charge in [0.2, 0.25) is 5.91 Å². The van der Waals surface area contributed by atoms with Gasteiger partial charge in [-0.25, -0.2) is 4.39 Å². The Balaban J connectivity index is 1.78. The van der Waals surface area contributed by atoms with E-state index in [1.807, 2.05) is 24.3 Å². The molecular weight excluding hydrogens is 297 g/mol. The molecule has 0 fully saturated rings. The van der Waals surface area contributed by atoms with Crippen LogP contribution in [0.15, 0.2) is 48.5 Å². The molecule has 5 heteroatoms. The topological polar surface area (TPSA) is 55.4 Å². The summed E-state index contributed by atoms with van der Waals surface area (Å²) in [7, 11) is 1.59. The highest BCUT2D eigenvalue weighted by molar-refractivity contribution is 5.99. The Labute approximate surface area is 134 Å². The normalized spacial score (nSPS) is 10.2. The van der Waals surface area contributed by atoms with Crippen molar-refractivity contribution < 1.29 is 18.7 Å². The van der Waals surface area contributed by atoms with Gasteiger partial charge in [-0.1, -0.05) is 12.1 Å². The van der Waals surface area contributed by atoms with Crippen molar-refractivity contribution in [2.75, 3.05) is 13.7 Å². The molecule has 0 bridgehead atoms. The van der Waals surface area contributed by atoms with Crippen LogP contribution in [0, 0.1) is 5.82 Å². The molecule has 0 aromatic heterocycles. The Kier molecular flexibility index (Phi) is 5.86. The molecule has 0 atom stereocenters. The monoisotopic (exact) mass is 315 g/mol. The lowest BCUT2D eigenvalue weighted by molar-refractivity contribution is -0.120. The molecule has 0 aliphatic rings. The average Bonchev–Trinajstić information content (AvgIpc) is 2.58. The van der Waals surface area contributed by atoms with Gasteiger partial charge in [0.05, 0.1) is 13.7 Å². The van der Waals surface area contributed by atoms with E-state index in [-0.39, 0.29) is 24.7 Å². The Morgan fingerprint density at radius 2 is 1.87 bits per heavy atom. The fourth-order valence-electron chi connectivity index (χ4n) is 2.09. The number of aryl methyl sites for hydroxylation is 1. The summed E-state index contributed by atoms with van der Waals surface area (Å²) in [6, 6.07) is 12.7. The molecule has 0 saturated carbocycles. The van der Waals surface area contributed by atoms with E-state index < -0.39 is 5.82 Å². The van der Waals surface area contributed by atoms with Crippen LogP contribution in [-0.2, 0) is 11.2 Å². The SMILES string of the molecule is COc1cccc(CCC(=O)NCC(=O)c2ccc(F)cc2)c1. The first kappa shape index (κ1) is 16.7. The zero-order valence-corrected chi connectivity index (χ0v) is 12.8. The number of Topliss-reactive ketones (excluding diaryl/α,β-unsaturated/α-hetero) is 1. The molecule has 0 spiro atoms. The third-order valence-corrected chi connectivity index (χ3v) is 3.39. The van der Waals surface area contributed by atoms with E-state index >= 15 is 0 Å². The molecule has 0 aliphatic carbocycles. The van der Waals surface area contributed by atoms with Gasteiger partial charge in [0.1, 0.15) is 11.6 Å². The molecule has 0 saturated heterocycles. The second-order valence-corrected chi connectivity index (χ2v) is 5.06. The predicted molar refractivity (Wildman–Crippen MR) is 85.1 cm³/mol. The summed E-state index contributed by atoms with van der Waals surface area (Å²) in [6.45, 7) is -0.0947. The minimum Gasteiger partial charge on any atom is -0.497 e. The van der Waals surface area contributed by atoms with Gasteiger partial charge in [-0.3, -0.25) is 9.59 Å². The number of nitrogens with one attached hydrogen (secondary N) is 1. The van der Waals surface area contributed by atoms with Crippen molar-refractivity contribution in [3.63, 3.8) is 0 Å². The van der Waals surface area contributed by atoms with Gasteiger partial charge in [-0.15, -0.1) is 0 Å². The van der Waals surface area contributed by atoms with Crippen LogP contribution in [0.4, 0.5) is 4.39 Å². The van der Waals surface area contributed by atoms with Crippen molar-refractivity contribution in [3.8, 4) is 5.75 Å². The molecule has 0 radical (unpaired) electrons. The molecule has 120 valence electrons. The highest BCUT2D eigenvalue weighted by Gasteiger charge is 2.08. The molecule has 2 rings (SSSR count). The number of ether oxygens (including phenoxy) is 1. The van der Waals surface area contributed by atoms with Gasteiger partial charge in [-0.05, 0) is 48.4 Å². The molecule has 4 nitrogen and oxygen atoms in total. The predicted octanol–water partition coefficient (Wildman–Crippen LogP) is 2.77. The quantitative estimate of drug-likeness (QED) is 0.799. The standard InChI is InChI=1S/C18H18FNO3/c1-23-16-4-2-3-13(11-16)5-10-18(22)20-12-17(21)14-6-8-15(19)9-7-14/h2-4,6-9,11H,5,10,12H2,1H3,(H,20,22). The second kappa shape index (κ2) is 8.08. The smallest absolute Gasteiger partial charge is 0.220 e. The maximum atomic E-state index is 12.8. The van der Waals surface area contributed by atoms with Crippen molar-refractivity contribution in [1.82, 2.24) is 5.32 Å². The number of halogens is 1. The number of hydrogen-bond acceptors (Lipinski definition) is 3. The first-order valence-corrected chi connectivity index (χ1v) is 7.27. The highest BCUT2D eigenvalue weighted by atomic mass is 19.1. The number of rotatable bonds is 7. The van der Waals surface area contributed by atoms with Crippen molar-refractivity contribution in [3.05, 3.63) is 65.5 Å². The highest BCUT2D eigenvalue weighted by Crippen LogP contribution is 2.13. The van der Waals surface area contributed by atoms with Crippen LogP contribution < -0.4 is 10.1 Å². The molecule has 0 aliphatic heterocycles. The van der Waals surface area contributed by atoms with Crippen LogP contribution in [0.1, 0.15) is 22.3 Å². The molecule has 0 unspecified atom stereocenters. The minimum absolute atomic E-state index is 0.0947. The number of ketones is 1. The number of hydrogen-bond donors (Lipinski definition) is 1. The summed E-state index contributed by atoms with van der Waals surface area (Å²) in [5.74, 6) is -0.110. The minimum atomic E-state index is -0.399. The molecular formula is C18H18FNO3. The zero-order chi connectivity index (χ0) is 16.7. The van der Waals surface area contributed by atoms with E-state index in [1.165, 1.54) is 24.3 Å². The molecule has 0 heterocycles. The van der Waals surface area contributed by atoms with Crippen molar-refractivity contribution in [1.29, 1.82) is 0 Å². The first-order chi connectivity index (χ1) is 11.1. The van der Waals surface area contributed by atoms with Gasteiger partial charge in [0, 0.05) is 12.0 Å². The van der Waals surface area contributed by atoms with Crippen LogP contribution in [-0.4, -0.2) is 25.3 Å². The number of benzene rings is 2. The lowest BCUT2D eigenvalue weighted by Crippen LogP contribution is -2.29. The van der Waals surface area contributed by atoms with Crippen molar-refractivity contribution in [2.45, 2.75) is 12.8 Å². The van der Waals surface area contributed by atoms with Crippen LogP contribution in [0.25, 0.3) is 0 Å². The maximum absolute atomic E-state index is 12.8. The van der Waals surface area contributed by atoms with Crippen molar-refractivity contribution >= 4 is 11.7 Å². The van der Waals surface area contributed by atoms with E-state index in [4.69, 9.17) is 4.74 Å². The molecule has 1 N–H and O–H groups in total. The van der Waals surface area contributed by atoms with E-state index in [2.05, 4.69) is 5.32 Å². The van der Waals surface area contributed by atoms with E-state index in [1.54, 1.807) is 7.11 Å². The Morgan fingerprint density at radius 1 is 1.13 bits per heavy atom. The van der Waals surface area contributed by atoms with Gasteiger partial charge in [0.15, 0.2) is 5.78 Å². The maximum Gasteiger partial charge on any atom is 0.220 e. The van der Waals surface area contributed by atoms with E-state index in [0.29, 0.717) is 12.0 Å². The number of methoxy groups -OCH3 is 1. The summed E-state index contributed by atoms with van der Waals surface area (Å²) >= 11 is 0. The fourth-order valence-corrected chi connectivity index (χ4v) is 2.09. The summed E-state index contributed by atoms with van der Waals surface area (Å²) < 4.78 is 17.9. The number of amides is 1. The molecule has 2 aromatic carbocycles. The lowest BCUT2D eigenvalue weighted by atomic mass is 10.1.